The highest BCUT2D eigenvalue weighted by molar-refractivity contribution is 5.06. The molecule has 0 radical (unpaired) electrons. The van der Waals surface area contributed by atoms with Crippen molar-refractivity contribution in [1.82, 2.24) is 10.4 Å². The Hall–Kier alpha value is -0.120. The highest BCUT2D eigenvalue weighted by atomic mass is 16.5. The van der Waals surface area contributed by atoms with E-state index in [1.54, 1.807) is 0 Å². The number of hydrogen-bond acceptors (Lipinski definition) is 3. The van der Waals surface area contributed by atoms with Crippen molar-refractivity contribution in [1.29, 1.82) is 0 Å². The molecular formula is C7H15N2O-. The van der Waals surface area contributed by atoms with E-state index < -0.39 is 0 Å². The first-order valence-corrected chi connectivity index (χ1v) is 3.58. The molecule has 0 amide bonds. The molecule has 1 rings (SSSR count). The molecule has 0 aromatic carbocycles. The summed E-state index contributed by atoms with van der Waals surface area (Å²) in [5.74, 6) is 0. The predicted molar refractivity (Wildman–Crippen MR) is 41.4 cm³/mol. The largest absolute Gasteiger partial charge is 0.784 e. The Labute approximate surface area is 62.0 Å². The standard InChI is InChI=1S/C7H15N2O/c1-6(2)7(3,4)9(10)5-8-6/h8H,5H2,1-4H3/q-1. The van der Waals surface area contributed by atoms with Crippen LogP contribution in [0.1, 0.15) is 27.7 Å². The van der Waals surface area contributed by atoms with E-state index in [9.17, 15) is 5.21 Å². The van der Waals surface area contributed by atoms with Gasteiger partial charge in [-0.15, -0.1) is 0 Å². The highest BCUT2D eigenvalue weighted by Crippen LogP contribution is 2.31. The summed E-state index contributed by atoms with van der Waals surface area (Å²) in [6.45, 7) is 8.45. The van der Waals surface area contributed by atoms with Crippen LogP contribution in [-0.4, -0.2) is 22.8 Å². The molecule has 10 heavy (non-hydrogen) atoms. The van der Waals surface area contributed by atoms with Crippen molar-refractivity contribution in [3.63, 3.8) is 0 Å². The van der Waals surface area contributed by atoms with Crippen molar-refractivity contribution >= 4 is 0 Å². The van der Waals surface area contributed by atoms with Crippen LogP contribution in [0.5, 0.6) is 0 Å². The summed E-state index contributed by atoms with van der Waals surface area (Å²) in [7, 11) is 0. The van der Waals surface area contributed by atoms with Gasteiger partial charge in [0.1, 0.15) is 0 Å². The summed E-state index contributed by atoms with van der Waals surface area (Å²) in [5, 5.41) is 15.4. The van der Waals surface area contributed by atoms with Crippen LogP contribution in [0.2, 0.25) is 0 Å². The molecule has 0 aromatic heterocycles. The maximum absolute atomic E-state index is 11.2. The molecule has 1 N–H and O–H groups in total. The van der Waals surface area contributed by atoms with Gasteiger partial charge in [0.05, 0.1) is 0 Å². The Kier molecular flexibility index (Phi) is 1.54. The molecule has 0 unspecified atom stereocenters. The topological polar surface area (TPSA) is 38.3 Å². The second kappa shape index (κ2) is 1.94. The van der Waals surface area contributed by atoms with E-state index in [4.69, 9.17) is 0 Å². The van der Waals surface area contributed by atoms with Crippen LogP contribution in [-0.2, 0) is 0 Å². The van der Waals surface area contributed by atoms with Gasteiger partial charge in [0.2, 0.25) is 0 Å². The fourth-order valence-corrected chi connectivity index (χ4v) is 0.995. The number of hydrogen-bond donors (Lipinski definition) is 1. The van der Waals surface area contributed by atoms with Gasteiger partial charge >= 0.3 is 0 Å². The molecule has 1 heterocycles. The molecule has 0 saturated carbocycles. The lowest BCUT2D eigenvalue weighted by molar-refractivity contribution is 0.185. The van der Waals surface area contributed by atoms with Gasteiger partial charge in [-0.1, -0.05) is 0 Å². The zero-order chi connectivity index (χ0) is 7.99. The SMILES string of the molecule is CC1(C)NCN([O-])C1(C)C. The molecule has 3 nitrogen and oxygen atoms in total. The van der Waals surface area contributed by atoms with Gasteiger partial charge in [0.15, 0.2) is 0 Å². The van der Waals surface area contributed by atoms with Crippen LogP contribution in [0.4, 0.5) is 0 Å². The fourth-order valence-electron chi connectivity index (χ4n) is 0.995. The maximum Gasteiger partial charge on any atom is 0.0374 e. The van der Waals surface area contributed by atoms with Crippen LogP contribution in [0.3, 0.4) is 0 Å². The maximum atomic E-state index is 11.2. The van der Waals surface area contributed by atoms with Gasteiger partial charge in [-0.05, 0) is 27.7 Å². The second-order valence-corrected chi connectivity index (χ2v) is 3.90. The van der Waals surface area contributed by atoms with Crippen molar-refractivity contribution in [2.75, 3.05) is 6.67 Å². The molecule has 0 aromatic rings. The molecular weight excluding hydrogens is 128 g/mol. The summed E-state index contributed by atoms with van der Waals surface area (Å²) in [5.41, 5.74) is -0.359. The quantitative estimate of drug-likeness (QED) is 0.547. The van der Waals surface area contributed by atoms with E-state index in [0.29, 0.717) is 6.67 Å². The zero-order valence-corrected chi connectivity index (χ0v) is 7.06. The minimum Gasteiger partial charge on any atom is -0.784 e. The molecule has 0 atom stereocenters. The smallest absolute Gasteiger partial charge is 0.0374 e. The van der Waals surface area contributed by atoms with Crippen molar-refractivity contribution in [2.24, 2.45) is 0 Å². The van der Waals surface area contributed by atoms with Crippen molar-refractivity contribution in [3.8, 4) is 0 Å². The normalized spacial score (nSPS) is 30.9. The van der Waals surface area contributed by atoms with Crippen LogP contribution in [0.15, 0.2) is 0 Å². The lowest BCUT2D eigenvalue weighted by Gasteiger charge is -2.43. The third-order valence-corrected chi connectivity index (χ3v) is 2.82. The minimum absolute atomic E-state index is 0.0747. The molecule has 1 fully saturated rings. The van der Waals surface area contributed by atoms with E-state index in [-0.39, 0.29) is 11.1 Å². The highest BCUT2D eigenvalue weighted by Gasteiger charge is 2.42. The van der Waals surface area contributed by atoms with Crippen LogP contribution >= 0.6 is 0 Å². The molecule has 1 aliphatic heterocycles. The van der Waals surface area contributed by atoms with E-state index in [0.717, 1.165) is 5.06 Å². The van der Waals surface area contributed by atoms with Gasteiger partial charge in [-0.3, -0.25) is 5.32 Å². The molecule has 1 aliphatic rings. The third-order valence-electron chi connectivity index (χ3n) is 2.82. The molecule has 0 spiro atoms. The van der Waals surface area contributed by atoms with Gasteiger partial charge < -0.3 is 10.3 Å². The van der Waals surface area contributed by atoms with Crippen LogP contribution < -0.4 is 5.32 Å². The van der Waals surface area contributed by atoms with Gasteiger partial charge in [0.25, 0.3) is 0 Å². The predicted octanol–water partition coefficient (Wildman–Crippen LogP) is 0.904. The van der Waals surface area contributed by atoms with Crippen LogP contribution in [0.25, 0.3) is 0 Å². The number of rotatable bonds is 0. The molecule has 0 aliphatic carbocycles. The lowest BCUT2D eigenvalue weighted by Crippen LogP contribution is -2.51. The zero-order valence-electron chi connectivity index (χ0n) is 7.06. The second-order valence-electron chi connectivity index (χ2n) is 3.90. The number of hydroxylamine groups is 2. The third kappa shape index (κ3) is 0.856. The Morgan fingerprint density at radius 3 is 1.90 bits per heavy atom. The van der Waals surface area contributed by atoms with Crippen molar-refractivity contribution in [3.05, 3.63) is 5.21 Å². The molecule has 1 saturated heterocycles. The average molecular weight is 143 g/mol. The van der Waals surface area contributed by atoms with E-state index in [1.165, 1.54) is 0 Å². The summed E-state index contributed by atoms with van der Waals surface area (Å²) in [6, 6.07) is 0. The Morgan fingerprint density at radius 1 is 1.30 bits per heavy atom. The monoisotopic (exact) mass is 143 g/mol. The van der Waals surface area contributed by atoms with Crippen LogP contribution in [0, 0.1) is 5.21 Å². The first-order valence-electron chi connectivity index (χ1n) is 3.58. The minimum atomic E-state index is -0.285. The average Bonchev–Trinajstić information content (AvgIpc) is 1.94. The molecule has 0 bridgehead atoms. The fraction of sp³-hybridized carbons (Fsp3) is 1.00. The summed E-state index contributed by atoms with van der Waals surface area (Å²) < 4.78 is 0. The summed E-state index contributed by atoms with van der Waals surface area (Å²) in [4.78, 5) is 0. The van der Waals surface area contributed by atoms with E-state index in [1.807, 2.05) is 27.7 Å². The first kappa shape index (κ1) is 7.98. The van der Waals surface area contributed by atoms with Crippen molar-refractivity contribution < 1.29 is 0 Å². The van der Waals surface area contributed by atoms with E-state index >= 15 is 0 Å². The lowest BCUT2D eigenvalue weighted by atomic mass is 9.84. The Bertz CT molecular complexity index is 143. The number of nitrogens with one attached hydrogen (secondary N) is 1. The van der Waals surface area contributed by atoms with Crippen molar-refractivity contribution in [2.45, 2.75) is 38.8 Å². The van der Waals surface area contributed by atoms with Gasteiger partial charge in [-0.2, -0.15) is 0 Å². The number of nitrogens with zero attached hydrogens (tertiary/aromatic N) is 1. The van der Waals surface area contributed by atoms with E-state index in [2.05, 4.69) is 5.32 Å². The molecule has 60 valence electrons. The first-order chi connectivity index (χ1) is 4.38. The summed E-state index contributed by atoms with van der Waals surface area (Å²) >= 11 is 0. The summed E-state index contributed by atoms with van der Waals surface area (Å²) in [6.07, 6.45) is 0. The molecule has 3 heteroatoms. The Balaban J connectivity index is 2.84. The Morgan fingerprint density at radius 2 is 1.80 bits per heavy atom. The van der Waals surface area contributed by atoms with Gasteiger partial charge in [0, 0.05) is 17.7 Å². The van der Waals surface area contributed by atoms with Gasteiger partial charge in [-0.25, -0.2) is 0 Å².